The quantitative estimate of drug-likeness (QED) is 0.795. The Labute approximate surface area is 118 Å². The van der Waals surface area contributed by atoms with Crippen LogP contribution in [0.3, 0.4) is 0 Å². The Hall–Kier alpha value is -1.02. The SMILES string of the molecule is CC(C)NCC(Oc1cccc(C(C)C)c1)C(C)C. The summed E-state index contributed by atoms with van der Waals surface area (Å²) in [4.78, 5) is 0. The van der Waals surface area contributed by atoms with Gasteiger partial charge in [-0.15, -0.1) is 0 Å². The van der Waals surface area contributed by atoms with E-state index in [1.54, 1.807) is 0 Å². The molecule has 0 bridgehead atoms. The van der Waals surface area contributed by atoms with E-state index in [1.165, 1.54) is 5.56 Å². The van der Waals surface area contributed by atoms with Crippen molar-refractivity contribution >= 4 is 0 Å². The van der Waals surface area contributed by atoms with Crippen LogP contribution in [0.1, 0.15) is 53.0 Å². The smallest absolute Gasteiger partial charge is 0.120 e. The Bertz CT molecular complexity index is 371. The summed E-state index contributed by atoms with van der Waals surface area (Å²) in [5.74, 6) is 2.01. The predicted molar refractivity (Wildman–Crippen MR) is 82.9 cm³/mol. The van der Waals surface area contributed by atoms with Gasteiger partial charge in [0.1, 0.15) is 11.9 Å². The van der Waals surface area contributed by atoms with Gasteiger partial charge in [-0.2, -0.15) is 0 Å². The van der Waals surface area contributed by atoms with Crippen molar-refractivity contribution in [2.45, 2.75) is 59.6 Å². The molecule has 0 aromatic heterocycles. The molecule has 1 aromatic rings. The van der Waals surface area contributed by atoms with Crippen LogP contribution in [0.5, 0.6) is 5.75 Å². The molecule has 19 heavy (non-hydrogen) atoms. The van der Waals surface area contributed by atoms with Gasteiger partial charge in [0.05, 0.1) is 0 Å². The molecule has 0 saturated heterocycles. The van der Waals surface area contributed by atoms with Gasteiger partial charge in [-0.05, 0) is 29.5 Å². The van der Waals surface area contributed by atoms with Crippen molar-refractivity contribution in [3.8, 4) is 5.75 Å². The lowest BCUT2D eigenvalue weighted by Crippen LogP contribution is -2.38. The average Bonchev–Trinajstić information content (AvgIpc) is 2.34. The molecule has 0 aliphatic heterocycles. The first-order chi connectivity index (χ1) is 8.90. The fourth-order valence-electron chi connectivity index (χ4n) is 1.89. The molecule has 0 aliphatic rings. The van der Waals surface area contributed by atoms with Crippen LogP contribution in [0.25, 0.3) is 0 Å². The van der Waals surface area contributed by atoms with E-state index in [9.17, 15) is 0 Å². The van der Waals surface area contributed by atoms with E-state index in [0.717, 1.165) is 12.3 Å². The third-order valence-corrected chi connectivity index (χ3v) is 3.28. The average molecular weight is 263 g/mol. The summed E-state index contributed by atoms with van der Waals surface area (Å²) in [5.41, 5.74) is 1.33. The number of hydrogen-bond acceptors (Lipinski definition) is 2. The van der Waals surface area contributed by atoms with Crippen molar-refractivity contribution in [3.63, 3.8) is 0 Å². The van der Waals surface area contributed by atoms with Crippen LogP contribution in [0.2, 0.25) is 0 Å². The van der Waals surface area contributed by atoms with Crippen molar-refractivity contribution in [3.05, 3.63) is 29.8 Å². The summed E-state index contributed by atoms with van der Waals surface area (Å²) in [5, 5.41) is 3.46. The third kappa shape index (κ3) is 5.65. The summed E-state index contributed by atoms with van der Waals surface area (Å²) in [6.07, 6.45) is 0.213. The second-order valence-corrected chi connectivity index (χ2v) is 6.19. The lowest BCUT2D eigenvalue weighted by atomic mass is 10.0. The minimum Gasteiger partial charge on any atom is -0.489 e. The van der Waals surface area contributed by atoms with E-state index >= 15 is 0 Å². The number of nitrogens with one attached hydrogen (secondary N) is 1. The zero-order valence-corrected chi connectivity index (χ0v) is 13.2. The van der Waals surface area contributed by atoms with Crippen LogP contribution >= 0.6 is 0 Å². The fourth-order valence-corrected chi connectivity index (χ4v) is 1.89. The van der Waals surface area contributed by atoms with E-state index in [1.807, 2.05) is 0 Å². The zero-order valence-electron chi connectivity index (χ0n) is 13.2. The van der Waals surface area contributed by atoms with Gasteiger partial charge in [0.2, 0.25) is 0 Å². The molecule has 0 spiro atoms. The molecule has 0 fully saturated rings. The van der Waals surface area contributed by atoms with Crippen molar-refractivity contribution in [1.82, 2.24) is 5.32 Å². The largest absolute Gasteiger partial charge is 0.489 e. The standard InChI is InChI=1S/C17H29NO/c1-12(2)15-8-7-9-16(10-15)19-17(13(3)4)11-18-14(5)6/h7-10,12-14,17-18H,11H2,1-6H3. The topological polar surface area (TPSA) is 21.3 Å². The van der Waals surface area contributed by atoms with Crippen LogP contribution in [-0.2, 0) is 0 Å². The summed E-state index contributed by atoms with van der Waals surface area (Å²) in [6.45, 7) is 14.0. The van der Waals surface area contributed by atoms with Crippen LogP contribution in [0.4, 0.5) is 0 Å². The first-order valence-electron chi connectivity index (χ1n) is 7.40. The molecular weight excluding hydrogens is 234 g/mol. The van der Waals surface area contributed by atoms with Gasteiger partial charge in [-0.3, -0.25) is 0 Å². The van der Waals surface area contributed by atoms with Gasteiger partial charge in [-0.25, -0.2) is 0 Å². The van der Waals surface area contributed by atoms with E-state index in [2.05, 4.69) is 71.1 Å². The maximum atomic E-state index is 6.15. The summed E-state index contributed by atoms with van der Waals surface area (Å²) < 4.78 is 6.15. The highest BCUT2D eigenvalue weighted by molar-refractivity contribution is 5.30. The maximum Gasteiger partial charge on any atom is 0.120 e. The summed E-state index contributed by atoms with van der Waals surface area (Å²) in [7, 11) is 0. The second-order valence-electron chi connectivity index (χ2n) is 6.19. The Morgan fingerprint density at radius 3 is 2.26 bits per heavy atom. The van der Waals surface area contributed by atoms with Crippen molar-refractivity contribution in [2.24, 2.45) is 5.92 Å². The highest BCUT2D eigenvalue weighted by Crippen LogP contribution is 2.22. The highest BCUT2D eigenvalue weighted by atomic mass is 16.5. The Morgan fingerprint density at radius 2 is 1.74 bits per heavy atom. The predicted octanol–water partition coefficient (Wildman–Crippen LogP) is 4.21. The molecule has 0 radical (unpaired) electrons. The monoisotopic (exact) mass is 263 g/mol. The summed E-state index contributed by atoms with van der Waals surface area (Å²) in [6, 6.07) is 8.95. The normalized spacial score (nSPS) is 13.3. The second kappa shape index (κ2) is 7.54. The van der Waals surface area contributed by atoms with E-state index in [0.29, 0.717) is 17.9 Å². The van der Waals surface area contributed by atoms with Gasteiger partial charge in [0.15, 0.2) is 0 Å². The molecule has 1 N–H and O–H groups in total. The molecule has 2 heteroatoms. The van der Waals surface area contributed by atoms with Crippen LogP contribution < -0.4 is 10.1 Å². The van der Waals surface area contributed by atoms with E-state index < -0.39 is 0 Å². The third-order valence-electron chi connectivity index (χ3n) is 3.28. The lowest BCUT2D eigenvalue weighted by molar-refractivity contribution is 0.146. The molecular formula is C17H29NO. The molecule has 0 heterocycles. The molecule has 1 aromatic carbocycles. The number of ether oxygens (including phenoxy) is 1. The van der Waals surface area contributed by atoms with Crippen LogP contribution in [0.15, 0.2) is 24.3 Å². The Kier molecular flexibility index (Phi) is 6.36. The minimum absolute atomic E-state index is 0.213. The first-order valence-corrected chi connectivity index (χ1v) is 7.40. The highest BCUT2D eigenvalue weighted by Gasteiger charge is 2.15. The minimum atomic E-state index is 0.213. The lowest BCUT2D eigenvalue weighted by Gasteiger charge is -2.24. The van der Waals surface area contributed by atoms with E-state index in [4.69, 9.17) is 4.74 Å². The van der Waals surface area contributed by atoms with Crippen molar-refractivity contribution in [1.29, 1.82) is 0 Å². The molecule has 1 unspecified atom stereocenters. The van der Waals surface area contributed by atoms with Crippen LogP contribution in [-0.4, -0.2) is 18.7 Å². The molecule has 1 rings (SSSR count). The molecule has 108 valence electrons. The first kappa shape index (κ1) is 16.0. The number of hydrogen-bond donors (Lipinski definition) is 1. The summed E-state index contributed by atoms with van der Waals surface area (Å²) >= 11 is 0. The van der Waals surface area contributed by atoms with Crippen molar-refractivity contribution in [2.75, 3.05) is 6.54 Å². The maximum absolute atomic E-state index is 6.15. The molecule has 0 amide bonds. The van der Waals surface area contributed by atoms with Gasteiger partial charge in [0, 0.05) is 12.6 Å². The molecule has 0 saturated carbocycles. The molecule has 0 aliphatic carbocycles. The molecule has 2 nitrogen and oxygen atoms in total. The Balaban J connectivity index is 2.70. The van der Waals surface area contributed by atoms with Gasteiger partial charge in [0.25, 0.3) is 0 Å². The van der Waals surface area contributed by atoms with Gasteiger partial charge < -0.3 is 10.1 Å². The Morgan fingerprint density at radius 1 is 1.05 bits per heavy atom. The van der Waals surface area contributed by atoms with Gasteiger partial charge >= 0.3 is 0 Å². The van der Waals surface area contributed by atoms with Crippen LogP contribution in [0, 0.1) is 5.92 Å². The zero-order chi connectivity index (χ0) is 14.4. The van der Waals surface area contributed by atoms with E-state index in [-0.39, 0.29) is 6.10 Å². The number of benzene rings is 1. The number of rotatable bonds is 7. The molecule has 1 atom stereocenters. The van der Waals surface area contributed by atoms with Crippen molar-refractivity contribution < 1.29 is 4.74 Å². The fraction of sp³-hybridized carbons (Fsp3) is 0.647. The van der Waals surface area contributed by atoms with Gasteiger partial charge in [-0.1, -0.05) is 53.7 Å².